The van der Waals surface area contributed by atoms with Crippen LogP contribution >= 0.6 is 0 Å². The van der Waals surface area contributed by atoms with Gasteiger partial charge in [0.1, 0.15) is 6.07 Å². The Labute approximate surface area is 227 Å². The van der Waals surface area contributed by atoms with Crippen molar-refractivity contribution in [2.24, 2.45) is 0 Å². The Morgan fingerprint density at radius 1 is 1.08 bits per heavy atom. The van der Waals surface area contributed by atoms with Gasteiger partial charge in [0.15, 0.2) is 0 Å². The quantitative estimate of drug-likeness (QED) is 0.384. The van der Waals surface area contributed by atoms with Crippen molar-refractivity contribution in [2.75, 3.05) is 45.2 Å². The van der Waals surface area contributed by atoms with Crippen molar-refractivity contribution in [3.05, 3.63) is 77.9 Å². The molecule has 0 aromatic carbocycles. The number of rotatable bonds is 6. The van der Waals surface area contributed by atoms with E-state index in [0.717, 1.165) is 60.7 Å². The zero-order valence-electron chi connectivity index (χ0n) is 22.2. The monoisotopic (exact) mass is 518 g/mol. The summed E-state index contributed by atoms with van der Waals surface area (Å²) in [7, 11) is 3.76. The fraction of sp³-hybridized carbons (Fsp3) is 0.333. The van der Waals surface area contributed by atoms with Gasteiger partial charge in [-0.2, -0.15) is 10.4 Å². The van der Waals surface area contributed by atoms with Crippen LogP contribution in [0.5, 0.6) is 5.88 Å². The Morgan fingerprint density at radius 3 is 2.62 bits per heavy atom. The Hall–Kier alpha value is -4.26. The average molecular weight is 519 g/mol. The standard InChI is InChI=1S/C30H30N8O/c1-35-8-7-21(16-35)22-9-27(30-23(11-31)13-34-38(30)17-22)28-5-4-24(14-32-28)36-18-25-10-26(19-36)37(25)15-20-3-6-29(39-2)33-12-20/h3-7,9,12-14,17,25-26H,8,10,15-16,18-19H2,1-2H3. The van der Waals surface area contributed by atoms with Gasteiger partial charge in [0.2, 0.25) is 5.88 Å². The Bertz CT molecular complexity index is 1590. The molecule has 39 heavy (non-hydrogen) atoms. The molecular formula is C30H30N8O. The number of likely N-dealkylation sites (N-methyl/N-ethyl adjacent to an activating group) is 1. The van der Waals surface area contributed by atoms with Crippen molar-refractivity contribution in [3.63, 3.8) is 0 Å². The van der Waals surface area contributed by atoms with E-state index >= 15 is 0 Å². The molecule has 196 valence electrons. The minimum absolute atomic E-state index is 0.532. The SMILES string of the molecule is COc1ccc(CN2C3CC2CN(c2ccc(-c4cc(C5=CCN(C)C5)cn5ncc(C#N)c45)nc2)C3)cn1. The van der Waals surface area contributed by atoms with Gasteiger partial charge in [-0.15, -0.1) is 0 Å². The maximum atomic E-state index is 9.73. The predicted molar refractivity (Wildman–Crippen MR) is 149 cm³/mol. The third kappa shape index (κ3) is 4.22. The first-order chi connectivity index (χ1) is 19.1. The molecule has 3 fully saturated rings. The number of methoxy groups -OCH3 is 1. The maximum absolute atomic E-state index is 9.73. The van der Waals surface area contributed by atoms with Crippen LogP contribution in [0.25, 0.3) is 22.3 Å². The molecule has 0 aliphatic carbocycles. The van der Waals surface area contributed by atoms with E-state index in [2.05, 4.69) is 68.2 Å². The molecule has 9 heteroatoms. The molecule has 2 unspecified atom stereocenters. The summed E-state index contributed by atoms with van der Waals surface area (Å²) >= 11 is 0. The molecule has 4 aliphatic rings. The smallest absolute Gasteiger partial charge is 0.212 e. The molecule has 2 atom stereocenters. The molecule has 8 heterocycles. The van der Waals surface area contributed by atoms with Crippen LogP contribution in [0.1, 0.15) is 23.1 Å². The summed E-state index contributed by atoms with van der Waals surface area (Å²) in [6.07, 6.45) is 11.0. The van der Waals surface area contributed by atoms with Crippen molar-refractivity contribution >= 4 is 16.8 Å². The van der Waals surface area contributed by atoms with Gasteiger partial charge >= 0.3 is 0 Å². The van der Waals surface area contributed by atoms with Gasteiger partial charge in [0.05, 0.1) is 42.0 Å². The van der Waals surface area contributed by atoms with Crippen LogP contribution in [0.3, 0.4) is 0 Å². The molecule has 8 rings (SSSR count). The number of piperidine rings is 1. The molecule has 0 saturated carbocycles. The Balaban J connectivity index is 1.11. The third-order valence-electron chi connectivity index (χ3n) is 8.30. The molecular weight excluding hydrogens is 488 g/mol. The number of nitrogens with zero attached hydrogens (tertiary/aromatic N) is 8. The number of fused-ring (bicyclic) bond motifs is 3. The van der Waals surface area contributed by atoms with Crippen LogP contribution in [-0.4, -0.2) is 81.8 Å². The zero-order chi connectivity index (χ0) is 26.5. The van der Waals surface area contributed by atoms with Gasteiger partial charge < -0.3 is 9.64 Å². The van der Waals surface area contributed by atoms with Crippen molar-refractivity contribution in [3.8, 4) is 23.2 Å². The third-order valence-corrected chi connectivity index (χ3v) is 8.30. The molecule has 0 radical (unpaired) electrons. The van der Waals surface area contributed by atoms with Crippen LogP contribution in [0, 0.1) is 11.3 Å². The first-order valence-corrected chi connectivity index (χ1v) is 13.3. The molecule has 4 aromatic rings. The summed E-state index contributed by atoms with van der Waals surface area (Å²) in [5, 5.41) is 14.2. The number of hydrogen-bond acceptors (Lipinski definition) is 8. The number of piperazine rings is 1. The average Bonchev–Trinajstić information content (AvgIpc) is 3.62. The normalized spacial score (nSPS) is 21.1. The lowest BCUT2D eigenvalue weighted by Gasteiger charge is -2.57. The van der Waals surface area contributed by atoms with E-state index in [-0.39, 0.29) is 0 Å². The van der Waals surface area contributed by atoms with Crippen LogP contribution in [-0.2, 0) is 6.54 Å². The zero-order valence-corrected chi connectivity index (χ0v) is 22.2. The molecule has 4 aliphatic heterocycles. The summed E-state index contributed by atoms with van der Waals surface area (Å²) < 4.78 is 7.01. The molecule has 0 amide bonds. The van der Waals surface area contributed by atoms with Crippen LogP contribution in [0.4, 0.5) is 5.69 Å². The molecule has 9 nitrogen and oxygen atoms in total. The van der Waals surface area contributed by atoms with Crippen LogP contribution in [0.2, 0.25) is 0 Å². The highest BCUT2D eigenvalue weighted by atomic mass is 16.5. The summed E-state index contributed by atoms with van der Waals surface area (Å²) in [6.45, 7) is 4.73. The molecule has 0 spiro atoms. The van der Waals surface area contributed by atoms with E-state index in [0.29, 0.717) is 23.5 Å². The Morgan fingerprint density at radius 2 is 1.95 bits per heavy atom. The van der Waals surface area contributed by atoms with Gasteiger partial charge in [-0.25, -0.2) is 9.50 Å². The van der Waals surface area contributed by atoms with Crippen LogP contribution in [0.15, 0.2) is 61.2 Å². The second kappa shape index (κ2) is 9.49. The lowest BCUT2D eigenvalue weighted by Crippen LogP contribution is -2.68. The number of ether oxygens (including phenoxy) is 1. The summed E-state index contributed by atoms with van der Waals surface area (Å²) in [5.41, 5.74) is 7.89. The minimum atomic E-state index is 0.532. The van der Waals surface area contributed by atoms with Crippen molar-refractivity contribution in [2.45, 2.75) is 25.0 Å². The maximum Gasteiger partial charge on any atom is 0.212 e. The number of anilines is 1. The van der Waals surface area contributed by atoms with E-state index in [1.807, 2.05) is 29.2 Å². The second-order valence-electron chi connectivity index (χ2n) is 10.8. The van der Waals surface area contributed by atoms with Gasteiger partial charge in [-0.05, 0) is 48.4 Å². The highest BCUT2D eigenvalue weighted by molar-refractivity contribution is 5.86. The number of hydrogen-bond donors (Lipinski definition) is 0. The van der Waals surface area contributed by atoms with Gasteiger partial charge in [-0.1, -0.05) is 12.1 Å². The predicted octanol–water partition coefficient (Wildman–Crippen LogP) is 3.46. The van der Waals surface area contributed by atoms with Crippen LogP contribution < -0.4 is 9.64 Å². The van der Waals surface area contributed by atoms with Crippen molar-refractivity contribution < 1.29 is 4.74 Å². The van der Waals surface area contributed by atoms with Crippen molar-refractivity contribution in [1.29, 1.82) is 5.26 Å². The summed E-state index contributed by atoms with van der Waals surface area (Å²) in [6, 6.07) is 13.8. The summed E-state index contributed by atoms with van der Waals surface area (Å²) in [4.78, 5) is 16.6. The van der Waals surface area contributed by atoms with E-state index in [1.165, 1.54) is 17.6 Å². The fourth-order valence-electron chi connectivity index (χ4n) is 6.19. The topological polar surface area (TPSA) is 85.8 Å². The van der Waals surface area contributed by atoms with E-state index in [4.69, 9.17) is 9.72 Å². The first-order valence-electron chi connectivity index (χ1n) is 13.3. The fourth-order valence-corrected chi connectivity index (χ4v) is 6.19. The van der Waals surface area contributed by atoms with E-state index in [9.17, 15) is 5.26 Å². The minimum Gasteiger partial charge on any atom is -0.481 e. The lowest BCUT2D eigenvalue weighted by molar-refractivity contribution is -0.00853. The van der Waals surface area contributed by atoms with E-state index < -0.39 is 0 Å². The number of aromatic nitrogens is 4. The molecule has 2 bridgehead atoms. The lowest BCUT2D eigenvalue weighted by atomic mass is 9.86. The van der Waals surface area contributed by atoms with Gasteiger partial charge in [0, 0.05) is 68.8 Å². The highest BCUT2D eigenvalue weighted by Crippen LogP contribution is 2.37. The second-order valence-corrected chi connectivity index (χ2v) is 10.8. The number of pyridine rings is 3. The molecule has 3 saturated heterocycles. The highest BCUT2D eigenvalue weighted by Gasteiger charge is 2.44. The first kappa shape index (κ1) is 23.8. The number of nitriles is 1. The molecule has 0 N–H and O–H groups in total. The summed E-state index contributed by atoms with van der Waals surface area (Å²) in [5.74, 6) is 0.650. The largest absolute Gasteiger partial charge is 0.481 e. The van der Waals surface area contributed by atoms with E-state index in [1.54, 1.807) is 13.3 Å². The van der Waals surface area contributed by atoms with Crippen molar-refractivity contribution in [1.82, 2.24) is 29.4 Å². The Kier molecular flexibility index (Phi) is 5.80. The van der Waals surface area contributed by atoms with Gasteiger partial charge in [-0.3, -0.25) is 14.8 Å². The molecule has 4 aromatic heterocycles. The van der Waals surface area contributed by atoms with Gasteiger partial charge in [0.25, 0.3) is 0 Å².